The Labute approximate surface area is 169 Å². The highest BCUT2D eigenvalue weighted by molar-refractivity contribution is 7.20. The largest absolute Gasteiger partial charge is 0.478 e. The van der Waals surface area contributed by atoms with Gasteiger partial charge in [-0.2, -0.15) is 0 Å². The summed E-state index contributed by atoms with van der Waals surface area (Å²) >= 11 is 6.99. The van der Waals surface area contributed by atoms with Gasteiger partial charge in [0.25, 0.3) is 11.5 Å². The summed E-state index contributed by atoms with van der Waals surface area (Å²) in [7, 11) is 0. The highest BCUT2D eigenvalue weighted by Gasteiger charge is 2.20. The molecule has 0 atom stereocenters. The zero-order valence-electron chi connectivity index (χ0n) is 15.3. The number of thiophene rings is 1. The topological polar surface area (TPSA) is 101 Å². The van der Waals surface area contributed by atoms with Crippen LogP contribution in [0.5, 0.6) is 0 Å². The second-order valence-corrected chi connectivity index (χ2v) is 7.69. The summed E-state index contributed by atoms with van der Waals surface area (Å²) in [5.74, 6) is -1.62. The van der Waals surface area contributed by atoms with Crippen molar-refractivity contribution in [3.63, 3.8) is 0 Å². The number of aromatic nitrogens is 2. The standard InChI is InChI=1S/C19H18ClN3O4S/c1-3-4-7-23-9-21-17-14(18(23)25)10(2)15(28-17)16(24)22-11-5-6-13(20)12(8-11)19(26)27/h5-6,8-9H,3-4,7H2,1-2H3,(H,22,24)(H,26,27). The monoisotopic (exact) mass is 419 g/mol. The van der Waals surface area contributed by atoms with Gasteiger partial charge < -0.3 is 10.4 Å². The average molecular weight is 420 g/mol. The number of nitrogens with zero attached hydrogens (tertiary/aromatic N) is 2. The van der Waals surface area contributed by atoms with Crippen LogP contribution < -0.4 is 10.9 Å². The lowest BCUT2D eigenvalue weighted by Crippen LogP contribution is -2.20. The predicted molar refractivity (Wildman–Crippen MR) is 110 cm³/mol. The van der Waals surface area contributed by atoms with Gasteiger partial charge in [0.15, 0.2) is 0 Å². The number of aromatic carboxylic acids is 1. The van der Waals surface area contributed by atoms with Crippen molar-refractivity contribution in [2.24, 2.45) is 0 Å². The second-order valence-electron chi connectivity index (χ2n) is 6.29. The lowest BCUT2D eigenvalue weighted by Gasteiger charge is -2.07. The molecule has 0 spiro atoms. The van der Waals surface area contributed by atoms with Gasteiger partial charge in [-0.15, -0.1) is 11.3 Å². The molecule has 0 aliphatic rings. The zero-order valence-corrected chi connectivity index (χ0v) is 16.9. The van der Waals surface area contributed by atoms with Crippen molar-refractivity contribution < 1.29 is 14.7 Å². The molecular formula is C19H18ClN3O4S. The maximum atomic E-state index is 12.7. The Bertz CT molecular complexity index is 1140. The third kappa shape index (κ3) is 3.79. The highest BCUT2D eigenvalue weighted by Crippen LogP contribution is 2.28. The molecule has 28 heavy (non-hydrogen) atoms. The minimum Gasteiger partial charge on any atom is -0.478 e. The zero-order chi connectivity index (χ0) is 20.4. The Morgan fingerprint density at radius 1 is 1.36 bits per heavy atom. The fraction of sp³-hybridized carbons (Fsp3) is 0.263. The summed E-state index contributed by atoms with van der Waals surface area (Å²) < 4.78 is 1.56. The van der Waals surface area contributed by atoms with Gasteiger partial charge in [0.05, 0.1) is 27.2 Å². The van der Waals surface area contributed by atoms with Crippen LogP contribution in [-0.4, -0.2) is 26.5 Å². The predicted octanol–water partition coefficient (Wildman–Crippen LogP) is 4.17. The van der Waals surface area contributed by atoms with Crippen molar-refractivity contribution in [2.75, 3.05) is 5.32 Å². The molecular weight excluding hydrogens is 402 g/mol. The number of carbonyl (C=O) groups is 2. The van der Waals surface area contributed by atoms with Crippen molar-refractivity contribution in [3.8, 4) is 0 Å². The number of carboxylic acid groups (broad SMARTS) is 1. The van der Waals surface area contributed by atoms with E-state index >= 15 is 0 Å². The number of aryl methyl sites for hydroxylation is 2. The molecule has 146 valence electrons. The van der Waals surface area contributed by atoms with Gasteiger partial charge in [0.1, 0.15) is 4.83 Å². The minimum atomic E-state index is -1.18. The Balaban J connectivity index is 1.95. The van der Waals surface area contributed by atoms with Gasteiger partial charge in [-0.25, -0.2) is 9.78 Å². The smallest absolute Gasteiger partial charge is 0.337 e. The van der Waals surface area contributed by atoms with Crippen molar-refractivity contribution in [1.82, 2.24) is 9.55 Å². The summed E-state index contributed by atoms with van der Waals surface area (Å²) in [4.78, 5) is 41.8. The molecule has 1 amide bonds. The van der Waals surface area contributed by atoms with Crippen LogP contribution in [0.15, 0.2) is 29.3 Å². The summed E-state index contributed by atoms with van der Waals surface area (Å²) in [5, 5.41) is 12.3. The van der Waals surface area contributed by atoms with E-state index in [0.717, 1.165) is 24.2 Å². The molecule has 3 aromatic rings. The van der Waals surface area contributed by atoms with Gasteiger partial charge in [-0.1, -0.05) is 24.9 Å². The van der Waals surface area contributed by atoms with Crippen molar-refractivity contribution in [3.05, 3.63) is 55.9 Å². The Hall–Kier alpha value is -2.71. The molecule has 2 N–H and O–H groups in total. The van der Waals surface area contributed by atoms with Gasteiger partial charge in [0, 0.05) is 12.2 Å². The van der Waals surface area contributed by atoms with Crippen LogP contribution in [0.25, 0.3) is 10.2 Å². The highest BCUT2D eigenvalue weighted by atomic mass is 35.5. The number of halogens is 1. The molecule has 9 heteroatoms. The first-order valence-corrected chi connectivity index (χ1v) is 9.85. The molecule has 3 rings (SSSR count). The molecule has 0 aliphatic carbocycles. The van der Waals surface area contributed by atoms with E-state index in [1.807, 2.05) is 6.92 Å². The van der Waals surface area contributed by atoms with Crippen LogP contribution >= 0.6 is 22.9 Å². The third-order valence-electron chi connectivity index (χ3n) is 4.33. The Morgan fingerprint density at radius 3 is 2.79 bits per heavy atom. The number of benzene rings is 1. The molecule has 0 saturated carbocycles. The SMILES string of the molecule is CCCCn1cnc2sc(C(=O)Nc3ccc(Cl)c(C(=O)O)c3)c(C)c2c1=O. The van der Waals surface area contributed by atoms with Crippen molar-refractivity contribution >= 4 is 50.7 Å². The molecule has 0 saturated heterocycles. The van der Waals surface area contributed by atoms with E-state index in [1.54, 1.807) is 11.5 Å². The summed E-state index contributed by atoms with van der Waals surface area (Å²) in [5.41, 5.74) is 0.601. The van der Waals surface area contributed by atoms with Crippen LogP contribution in [0.2, 0.25) is 5.02 Å². The minimum absolute atomic E-state index is 0.0837. The maximum absolute atomic E-state index is 12.7. The lowest BCUT2D eigenvalue weighted by atomic mass is 10.2. The lowest BCUT2D eigenvalue weighted by molar-refractivity contribution is 0.0696. The molecule has 2 heterocycles. The number of unbranched alkanes of at least 4 members (excludes halogenated alkanes) is 1. The molecule has 0 bridgehead atoms. The van der Waals surface area contributed by atoms with E-state index in [1.165, 1.54) is 24.5 Å². The quantitative estimate of drug-likeness (QED) is 0.624. The van der Waals surface area contributed by atoms with Gasteiger partial charge >= 0.3 is 5.97 Å². The number of hydrogen-bond donors (Lipinski definition) is 2. The summed E-state index contributed by atoms with van der Waals surface area (Å²) in [6.07, 6.45) is 3.34. The first-order chi connectivity index (χ1) is 13.3. The van der Waals surface area contributed by atoms with E-state index < -0.39 is 11.9 Å². The van der Waals surface area contributed by atoms with Crippen LogP contribution in [0.1, 0.15) is 45.4 Å². The van der Waals surface area contributed by atoms with E-state index in [2.05, 4.69) is 10.3 Å². The van der Waals surface area contributed by atoms with Crippen molar-refractivity contribution in [1.29, 1.82) is 0 Å². The second kappa shape index (κ2) is 8.12. The molecule has 1 aromatic carbocycles. The maximum Gasteiger partial charge on any atom is 0.337 e. The fourth-order valence-electron chi connectivity index (χ4n) is 2.82. The molecule has 0 fully saturated rings. The van der Waals surface area contributed by atoms with Gasteiger partial charge in [-0.3, -0.25) is 14.2 Å². The first-order valence-electron chi connectivity index (χ1n) is 8.66. The average Bonchev–Trinajstić information content (AvgIpc) is 3.00. The molecule has 0 unspecified atom stereocenters. The fourth-order valence-corrected chi connectivity index (χ4v) is 4.05. The molecule has 7 nitrogen and oxygen atoms in total. The molecule has 2 aromatic heterocycles. The Morgan fingerprint density at radius 2 is 2.11 bits per heavy atom. The normalized spacial score (nSPS) is 11.0. The molecule has 0 aliphatic heterocycles. The number of anilines is 1. The van der Waals surface area contributed by atoms with Crippen LogP contribution in [-0.2, 0) is 6.54 Å². The number of nitrogens with one attached hydrogen (secondary N) is 1. The van der Waals surface area contributed by atoms with Crippen LogP contribution in [0, 0.1) is 6.92 Å². The van der Waals surface area contributed by atoms with E-state index in [4.69, 9.17) is 16.7 Å². The number of amides is 1. The van der Waals surface area contributed by atoms with Crippen LogP contribution in [0.3, 0.4) is 0 Å². The number of rotatable bonds is 6. The van der Waals surface area contributed by atoms with Gasteiger partial charge in [-0.05, 0) is 37.1 Å². The first kappa shape index (κ1) is 20.0. The van der Waals surface area contributed by atoms with E-state index in [0.29, 0.717) is 32.9 Å². The number of hydrogen-bond acceptors (Lipinski definition) is 5. The number of carbonyl (C=O) groups excluding carboxylic acids is 1. The number of carboxylic acids is 1. The Kier molecular flexibility index (Phi) is 5.81. The van der Waals surface area contributed by atoms with Crippen LogP contribution in [0.4, 0.5) is 5.69 Å². The third-order valence-corrected chi connectivity index (χ3v) is 5.86. The number of fused-ring (bicyclic) bond motifs is 1. The molecule has 0 radical (unpaired) electrons. The van der Waals surface area contributed by atoms with E-state index in [-0.39, 0.29) is 16.1 Å². The summed E-state index contributed by atoms with van der Waals surface area (Å²) in [6, 6.07) is 4.22. The summed E-state index contributed by atoms with van der Waals surface area (Å²) in [6.45, 7) is 4.34. The van der Waals surface area contributed by atoms with E-state index in [9.17, 15) is 14.4 Å². The van der Waals surface area contributed by atoms with Gasteiger partial charge in [0.2, 0.25) is 0 Å². The van der Waals surface area contributed by atoms with Crippen molar-refractivity contribution in [2.45, 2.75) is 33.2 Å².